The van der Waals surface area contributed by atoms with Crippen molar-refractivity contribution < 1.29 is 28.9 Å². The number of hydrogen-bond acceptors (Lipinski definition) is 6. The number of ketones is 1. The van der Waals surface area contributed by atoms with E-state index in [0.717, 1.165) is 6.07 Å². The van der Waals surface area contributed by atoms with Crippen LogP contribution in [0.4, 0.5) is 4.39 Å². The molecule has 176 valence electrons. The number of phenols is 1. The molecular weight excluding hydrogens is 427 g/mol. The third-order valence-electron chi connectivity index (χ3n) is 5.59. The van der Waals surface area contributed by atoms with E-state index in [1.165, 1.54) is 23.1 Å². The van der Waals surface area contributed by atoms with Crippen LogP contribution in [0.3, 0.4) is 0 Å². The number of ether oxygens (including phenoxy) is 1. The van der Waals surface area contributed by atoms with Gasteiger partial charge in [0.05, 0.1) is 18.2 Å². The molecule has 1 saturated heterocycles. The first-order valence-corrected chi connectivity index (χ1v) is 10.8. The van der Waals surface area contributed by atoms with Crippen LogP contribution >= 0.6 is 0 Å². The lowest BCUT2D eigenvalue weighted by molar-refractivity contribution is -0.139. The molecule has 0 aliphatic carbocycles. The van der Waals surface area contributed by atoms with Gasteiger partial charge in [-0.25, -0.2) is 4.39 Å². The first-order chi connectivity index (χ1) is 15.6. The van der Waals surface area contributed by atoms with E-state index in [-0.39, 0.29) is 29.2 Å². The van der Waals surface area contributed by atoms with Crippen molar-refractivity contribution in [3.63, 3.8) is 0 Å². The summed E-state index contributed by atoms with van der Waals surface area (Å²) in [5, 5.41) is 21.1. The highest BCUT2D eigenvalue weighted by Gasteiger charge is 2.46. The molecular formula is C25H29FN2O5. The number of aliphatic hydroxyl groups excluding tert-OH is 1. The summed E-state index contributed by atoms with van der Waals surface area (Å²) in [5.41, 5.74) is 0.876. The number of nitrogens with zero attached hydrogens (tertiary/aromatic N) is 2. The number of benzene rings is 2. The summed E-state index contributed by atoms with van der Waals surface area (Å²) in [6, 6.07) is 7.80. The molecule has 2 aromatic rings. The van der Waals surface area contributed by atoms with Crippen LogP contribution in [-0.2, 0) is 9.59 Å². The SMILES string of the molecule is CCOc1cc(C2C(=C(O)c3ccc(C)c(F)c3)C(=O)C(=O)N2CCCN(C)C)ccc1O. The summed E-state index contributed by atoms with van der Waals surface area (Å²) >= 11 is 0. The molecule has 1 atom stereocenters. The number of phenolic OH excluding ortho intramolecular Hbond substituents is 1. The second-order valence-corrected chi connectivity index (χ2v) is 8.27. The summed E-state index contributed by atoms with van der Waals surface area (Å²) in [4.78, 5) is 29.4. The van der Waals surface area contributed by atoms with Crippen molar-refractivity contribution in [1.29, 1.82) is 0 Å². The molecule has 0 radical (unpaired) electrons. The number of hydrogen-bond donors (Lipinski definition) is 2. The Hall–Kier alpha value is -3.39. The van der Waals surface area contributed by atoms with Crippen molar-refractivity contribution in [1.82, 2.24) is 9.80 Å². The van der Waals surface area contributed by atoms with Crippen molar-refractivity contribution in [2.24, 2.45) is 0 Å². The Balaban J connectivity index is 2.15. The average molecular weight is 457 g/mol. The number of aryl methyl sites for hydroxylation is 1. The minimum atomic E-state index is -0.906. The third kappa shape index (κ3) is 5.01. The molecule has 0 aromatic heterocycles. The van der Waals surface area contributed by atoms with Crippen molar-refractivity contribution >= 4 is 17.4 Å². The highest BCUT2D eigenvalue weighted by atomic mass is 19.1. The molecule has 3 rings (SSSR count). The maximum Gasteiger partial charge on any atom is 0.295 e. The number of aromatic hydroxyl groups is 1. The standard InChI is InChI=1S/C25H29FN2O5/c1-5-33-20-14-16(9-10-19(20)29)22-21(23(30)17-8-7-15(2)18(26)13-17)24(31)25(32)28(22)12-6-11-27(3)4/h7-10,13-14,22,29-30H,5-6,11-12H2,1-4H3. The van der Waals surface area contributed by atoms with Crippen molar-refractivity contribution in [3.05, 3.63) is 64.5 Å². The highest BCUT2D eigenvalue weighted by Crippen LogP contribution is 2.42. The predicted octanol–water partition coefficient (Wildman–Crippen LogP) is 3.61. The van der Waals surface area contributed by atoms with Gasteiger partial charge < -0.3 is 24.7 Å². The van der Waals surface area contributed by atoms with E-state index in [1.807, 2.05) is 19.0 Å². The lowest BCUT2D eigenvalue weighted by Crippen LogP contribution is -2.32. The van der Waals surface area contributed by atoms with E-state index in [9.17, 15) is 24.2 Å². The molecule has 1 fully saturated rings. The zero-order valence-corrected chi connectivity index (χ0v) is 19.3. The molecule has 1 aliphatic rings. The van der Waals surface area contributed by atoms with Gasteiger partial charge in [-0.3, -0.25) is 9.59 Å². The van der Waals surface area contributed by atoms with E-state index >= 15 is 0 Å². The van der Waals surface area contributed by atoms with Gasteiger partial charge in [0.25, 0.3) is 11.7 Å². The number of carbonyl (C=O) groups excluding carboxylic acids is 2. The van der Waals surface area contributed by atoms with E-state index in [4.69, 9.17) is 4.74 Å². The number of Topliss-reactive ketones (excluding diaryl/α,β-unsaturated/α-hetero) is 1. The van der Waals surface area contributed by atoms with Gasteiger partial charge in [-0.2, -0.15) is 0 Å². The molecule has 7 nitrogen and oxygen atoms in total. The Morgan fingerprint density at radius 3 is 2.55 bits per heavy atom. The Labute approximate surface area is 192 Å². The molecule has 1 unspecified atom stereocenters. The van der Waals surface area contributed by atoms with Crippen LogP contribution in [0, 0.1) is 12.7 Å². The largest absolute Gasteiger partial charge is 0.507 e. The topological polar surface area (TPSA) is 90.3 Å². The number of rotatable bonds is 8. The first kappa shape index (κ1) is 24.3. The minimum absolute atomic E-state index is 0.0780. The number of aliphatic hydroxyl groups is 1. The number of halogens is 1. The summed E-state index contributed by atoms with van der Waals surface area (Å²) < 4.78 is 19.7. The van der Waals surface area contributed by atoms with Gasteiger partial charge in [-0.05, 0) is 70.2 Å². The van der Waals surface area contributed by atoms with Gasteiger partial charge in [-0.15, -0.1) is 0 Å². The molecule has 2 N–H and O–H groups in total. The van der Waals surface area contributed by atoms with Gasteiger partial charge in [-0.1, -0.05) is 18.2 Å². The second kappa shape index (κ2) is 10.0. The summed E-state index contributed by atoms with van der Waals surface area (Å²) in [6.45, 7) is 4.64. The van der Waals surface area contributed by atoms with E-state index < -0.39 is 29.3 Å². The molecule has 8 heteroatoms. The summed E-state index contributed by atoms with van der Waals surface area (Å²) in [6.07, 6.45) is 0.603. The number of carbonyl (C=O) groups is 2. The fourth-order valence-electron chi connectivity index (χ4n) is 3.88. The van der Waals surface area contributed by atoms with Gasteiger partial charge in [0, 0.05) is 12.1 Å². The van der Waals surface area contributed by atoms with E-state index in [2.05, 4.69) is 0 Å². The fourth-order valence-corrected chi connectivity index (χ4v) is 3.88. The highest BCUT2D eigenvalue weighted by molar-refractivity contribution is 6.46. The molecule has 1 amide bonds. The van der Waals surface area contributed by atoms with Crippen molar-refractivity contribution in [2.45, 2.75) is 26.3 Å². The van der Waals surface area contributed by atoms with Crippen LogP contribution in [0.15, 0.2) is 42.0 Å². The van der Waals surface area contributed by atoms with Crippen LogP contribution in [-0.4, -0.2) is 65.5 Å². The van der Waals surface area contributed by atoms with Gasteiger partial charge in [0.2, 0.25) is 0 Å². The van der Waals surface area contributed by atoms with Gasteiger partial charge in [0.1, 0.15) is 11.6 Å². The zero-order valence-electron chi connectivity index (χ0n) is 19.3. The first-order valence-electron chi connectivity index (χ1n) is 10.8. The lowest BCUT2D eigenvalue weighted by Gasteiger charge is -2.26. The molecule has 1 aliphatic heterocycles. The molecule has 0 bridgehead atoms. The maximum atomic E-state index is 14.2. The molecule has 33 heavy (non-hydrogen) atoms. The Morgan fingerprint density at radius 1 is 1.18 bits per heavy atom. The fraction of sp³-hybridized carbons (Fsp3) is 0.360. The van der Waals surface area contributed by atoms with Crippen molar-refractivity contribution in [3.8, 4) is 11.5 Å². The van der Waals surface area contributed by atoms with Crippen molar-refractivity contribution in [2.75, 3.05) is 33.8 Å². The normalized spacial score (nSPS) is 17.8. The van der Waals surface area contributed by atoms with Crippen LogP contribution in [0.1, 0.15) is 36.1 Å². The Bertz CT molecular complexity index is 1100. The predicted molar refractivity (Wildman–Crippen MR) is 123 cm³/mol. The molecule has 2 aromatic carbocycles. The lowest BCUT2D eigenvalue weighted by atomic mass is 9.94. The Morgan fingerprint density at radius 2 is 1.91 bits per heavy atom. The number of amides is 1. The van der Waals surface area contributed by atoms with Crippen LogP contribution in [0.25, 0.3) is 5.76 Å². The van der Waals surface area contributed by atoms with Crippen LogP contribution < -0.4 is 4.74 Å². The third-order valence-corrected chi connectivity index (χ3v) is 5.59. The van der Waals surface area contributed by atoms with Gasteiger partial charge >= 0.3 is 0 Å². The molecule has 0 spiro atoms. The van der Waals surface area contributed by atoms with E-state index in [1.54, 1.807) is 26.0 Å². The summed E-state index contributed by atoms with van der Waals surface area (Å²) in [7, 11) is 3.82. The number of likely N-dealkylation sites (tertiary alicyclic amines) is 1. The monoisotopic (exact) mass is 456 g/mol. The smallest absolute Gasteiger partial charge is 0.295 e. The van der Waals surface area contributed by atoms with Crippen LogP contribution in [0.2, 0.25) is 0 Å². The molecule has 1 heterocycles. The Kier molecular flexibility index (Phi) is 7.38. The van der Waals surface area contributed by atoms with Gasteiger partial charge in [0.15, 0.2) is 11.5 Å². The second-order valence-electron chi connectivity index (χ2n) is 8.27. The zero-order chi connectivity index (χ0) is 24.3. The summed E-state index contributed by atoms with van der Waals surface area (Å²) in [5.74, 6) is -2.42. The quantitative estimate of drug-likeness (QED) is 0.358. The minimum Gasteiger partial charge on any atom is -0.507 e. The van der Waals surface area contributed by atoms with Crippen LogP contribution in [0.5, 0.6) is 11.5 Å². The molecule has 0 saturated carbocycles. The van der Waals surface area contributed by atoms with E-state index in [0.29, 0.717) is 30.7 Å². The average Bonchev–Trinajstić information content (AvgIpc) is 3.01. The maximum absolute atomic E-state index is 14.2.